The summed E-state index contributed by atoms with van der Waals surface area (Å²) >= 11 is 0. The maximum Gasteiger partial charge on any atom is 0.306 e. The second kappa shape index (κ2) is 44.4. The maximum absolute atomic E-state index is 13.1. The minimum atomic E-state index is -0.819. The normalized spacial score (nSPS) is 14.0. The van der Waals surface area contributed by atoms with Gasteiger partial charge in [0.15, 0.2) is 0 Å². The molecule has 0 aliphatic heterocycles. The fourth-order valence-electron chi connectivity index (χ4n) is 6.72. The van der Waals surface area contributed by atoms with Crippen molar-refractivity contribution in [3.63, 3.8) is 0 Å². The summed E-state index contributed by atoms with van der Waals surface area (Å²) in [6, 6.07) is -0.742. The fraction of sp³-hybridized carbons (Fsp3) is 0.725. The van der Waals surface area contributed by atoms with Crippen LogP contribution in [0.4, 0.5) is 0 Å². The Morgan fingerprint density at radius 2 is 0.912 bits per heavy atom. The van der Waals surface area contributed by atoms with E-state index >= 15 is 0 Å². The van der Waals surface area contributed by atoms with Gasteiger partial charge in [0.05, 0.1) is 25.2 Å². The van der Waals surface area contributed by atoms with Gasteiger partial charge >= 0.3 is 5.97 Å². The quantitative estimate of drug-likeness (QED) is 0.0325. The van der Waals surface area contributed by atoms with E-state index in [0.29, 0.717) is 19.3 Å². The number of unbranched alkanes of at least 4 members (excludes halogenated alkanes) is 19. The molecular formula is C51H89NO5. The predicted octanol–water partition coefficient (Wildman–Crippen LogP) is 13.8. The Morgan fingerprint density at radius 1 is 0.526 bits per heavy atom. The molecule has 0 aromatic heterocycles. The van der Waals surface area contributed by atoms with E-state index in [1.165, 1.54) is 96.3 Å². The van der Waals surface area contributed by atoms with Crippen molar-refractivity contribution < 1.29 is 24.5 Å². The van der Waals surface area contributed by atoms with E-state index in [2.05, 4.69) is 86.8 Å². The highest BCUT2D eigenvalue weighted by Crippen LogP contribution is 2.15. The van der Waals surface area contributed by atoms with Crippen LogP contribution in [0.5, 0.6) is 0 Å². The first kappa shape index (κ1) is 54.3. The fourth-order valence-corrected chi connectivity index (χ4v) is 6.72. The molecule has 0 radical (unpaired) electrons. The summed E-state index contributed by atoms with van der Waals surface area (Å²) in [4.78, 5) is 25.9. The van der Waals surface area contributed by atoms with Gasteiger partial charge in [-0.2, -0.15) is 0 Å². The van der Waals surface area contributed by atoms with Crippen LogP contribution in [0, 0.1) is 0 Å². The van der Waals surface area contributed by atoms with E-state index in [1.807, 2.05) is 6.08 Å². The molecule has 3 atom stereocenters. The van der Waals surface area contributed by atoms with Crippen LogP contribution >= 0.6 is 0 Å². The predicted molar refractivity (Wildman–Crippen MR) is 245 cm³/mol. The number of aliphatic hydroxyl groups excluding tert-OH is 2. The number of nitrogens with one attached hydrogen (secondary N) is 1. The van der Waals surface area contributed by atoms with Crippen molar-refractivity contribution in [1.29, 1.82) is 0 Å². The summed E-state index contributed by atoms with van der Waals surface area (Å²) in [7, 11) is 0. The number of hydrogen-bond acceptors (Lipinski definition) is 5. The highest BCUT2D eigenvalue weighted by atomic mass is 16.5. The van der Waals surface area contributed by atoms with Gasteiger partial charge < -0.3 is 20.3 Å². The SMILES string of the molecule is CC/C=C\C/C=C\C/C=C\C/C=C\C/C=C\C/C=C\C(CC(=O)NC(CO)C(O)CCCCCCCCCCCCC)OC(=O)CCCCCCCCCCCC. The van der Waals surface area contributed by atoms with Gasteiger partial charge in [0.25, 0.3) is 0 Å². The molecule has 0 saturated carbocycles. The summed E-state index contributed by atoms with van der Waals surface area (Å²) in [6.45, 7) is 6.30. The molecule has 0 spiro atoms. The lowest BCUT2D eigenvalue weighted by atomic mass is 10.0. The molecule has 0 fully saturated rings. The molecule has 3 unspecified atom stereocenters. The zero-order valence-electron chi connectivity index (χ0n) is 37.2. The number of allylic oxidation sites excluding steroid dienone is 11. The zero-order valence-corrected chi connectivity index (χ0v) is 37.2. The molecule has 0 bridgehead atoms. The van der Waals surface area contributed by atoms with Crippen LogP contribution in [-0.4, -0.2) is 46.9 Å². The van der Waals surface area contributed by atoms with Crippen LogP contribution < -0.4 is 5.32 Å². The van der Waals surface area contributed by atoms with Crippen molar-refractivity contribution in [3.8, 4) is 0 Å². The Kier molecular flexibility index (Phi) is 42.3. The van der Waals surface area contributed by atoms with E-state index in [0.717, 1.165) is 70.6 Å². The first-order chi connectivity index (χ1) is 28.0. The number of carbonyl (C=O) groups is 2. The summed E-state index contributed by atoms with van der Waals surface area (Å²) in [5, 5.41) is 23.6. The summed E-state index contributed by atoms with van der Waals surface area (Å²) in [6.07, 6.45) is 55.6. The van der Waals surface area contributed by atoms with Crippen LogP contribution in [0.1, 0.15) is 213 Å². The second-order valence-corrected chi connectivity index (χ2v) is 15.8. The van der Waals surface area contributed by atoms with Crippen LogP contribution in [0.3, 0.4) is 0 Å². The van der Waals surface area contributed by atoms with Crippen LogP contribution in [0.15, 0.2) is 72.9 Å². The third-order valence-corrected chi connectivity index (χ3v) is 10.3. The van der Waals surface area contributed by atoms with Crippen LogP contribution in [-0.2, 0) is 14.3 Å². The Morgan fingerprint density at radius 3 is 1.33 bits per heavy atom. The number of rotatable bonds is 41. The molecule has 0 aliphatic rings. The molecule has 1 amide bonds. The third kappa shape index (κ3) is 39.9. The second-order valence-electron chi connectivity index (χ2n) is 15.8. The summed E-state index contributed by atoms with van der Waals surface area (Å²) in [5.74, 6) is -0.634. The number of hydrogen-bond donors (Lipinski definition) is 3. The minimum Gasteiger partial charge on any atom is -0.458 e. The van der Waals surface area contributed by atoms with Gasteiger partial charge in [0.1, 0.15) is 6.10 Å². The van der Waals surface area contributed by atoms with E-state index in [-0.39, 0.29) is 24.9 Å². The molecular weight excluding hydrogens is 707 g/mol. The van der Waals surface area contributed by atoms with Gasteiger partial charge in [-0.25, -0.2) is 0 Å². The average Bonchev–Trinajstić information content (AvgIpc) is 3.20. The first-order valence-electron chi connectivity index (χ1n) is 23.7. The molecule has 0 heterocycles. The average molecular weight is 796 g/mol. The molecule has 0 aromatic rings. The topological polar surface area (TPSA) is 95.9 Å². The summed E-state index contributed by atoms with van der Waals surface area (Å²) < 4.78 is 5.79. The molecule has 3 N–H and O–H groups in total. The van der Waals surface area contributed by atoms with Gasteiger partial charge in [0.2, 0.25) is 5.91 Å². The Bertz CT molecular complexity index is 1070. The minimum absolute atomic E-state index is 0.0480. The van der Waals surface area contributed by atoms with E-state index in [9.17, 15) is 19.8 Å². The smallest absolute Gasteiger partial charge is 0.306 e. The zero-order chi connectivity index (χ0) is 41.7. The highest BCUT2D eigenvalue weighted by Gasteiger charge is 2.23. The maximum atomic E-state index is 13.1. The Hall–Kier alpha value is -2.70. The standard InChI is InChI=1S/C51H89NO5/c1-4-7-10-13-16-19-22-23-24-25-26-27-29-30-33-36-39-42-47(57-51(56)44-41-38-35-32-21-18-15-12-9-6-3)45-50(55)52-48(46-53)49(54)43-40-37-34-31-28-20-17-14-11-8-5-2/h7,10,16,19,23-24,26-27,30,33,39,42,47-49,53-54H,4-6,8-9,11-15,17-18,20-22,25,28-29,31-32,34-38,40-41,43-46H2,1-3H3,(H,52,55)/b10-7-,19-16-,24-23-,27-26-,33-30-,42-39-. The molecule has 0 saturated heterocycles. The number of amides is 1. The number of esters is 1. The lowest BCUT2D eigenvalue weighted by molar-refractivity contribution is -0.148. The molecule has 0 aliphatic carbocycles. The Labute approximate surface area is 351 Å². The largest absolute Gasteiger partial charge is 0.458 e. The van der Waals surface area contributed by atoms with E-state index in [4.69, 9.17) is 4.74 Å². The highest BCUT2D eigenvalue weighted by molar-refractivity contribution is 5.78. The number of aliphatic hydroxyl groups is 2. The molecule has 0 aromatic carbocycles. The van der Waals surface area contributed by atoms with Gasteiger partial charge in [-0.3, -0.25) is 9.59 Å². The monoisotopic (exact) mass is 796 g/mol. The van der Waals surface area contributed by atoms with Crippen LogP contribution in [0.25, 0.3) is 0 Å². The Balaban J connectivity index is 4.80. The summed E-state index contributed by atoms with van der Waals surface area (Å²) in [5.41, 5.74) is 0. The van der Waals surface area contributed by atoms with Crippen molar-refractivity contribution in [2.24, 2.45) is 0 Å². The van der Waals surface area contributed by atoms with Gasteiger partial charge in [-0.1, -0.05) is 216 Å². The van der Waals surface area contributed by atoms with Gasteiger partial charge in [-0.05, 0) is 57.4 Å². The van der Waals surface area contributed by atoms with Gasteiger partial charge in [0, 0.05) is 6.42 Å². The van der Waals surface area contributed by atoms with Crippen molar-refractivity contribution >= 4 is 11.9 Å². The van der Waals surface area contributed by atoms with Crippen molar-refractivity contribution in [2.45, 2.75) is 232 Å². The lowest BCUT2D eigenvalue weighted by Crippen LogP contribution is -2.46. The molecule has 328 valence electrons. The van der Waals surface area contributed by atoms with Crippen molar-refractivity contribution in [3.05, 3.63) is 72.9 Å². The van der Waals surface area contributed by atoms with Crippen molar-refractivity contribution in [2.75, 3.05) is 6.61 Å². The molecule has 57 heavy (non-hydrogen) atoms. The molecule has 6 nitrogen and oxygen atoms in total. The van der Waals surface area contributed by atoms with Gasteiger partial charge in [-0.15, -0.1) is 0 Å². The van der Waals surface area contributed by atoms with Crippen LogP contribution in [0.2, 0.25) is 0 Å². The number of carbonyl (C=O) groups excluding carboxylic acids is 2. The first-order valence-corrected chi connectivity index (χ1v) is 23.7. The molecule has 6 heteroatoms. The molecule has 0 rings (SSSR count). The van der Waals surface area contributed by atoms with E-state index in [1.54, 1.807) is 6.08 Å². The van der Waals surface area contributed by atoms with Crippen molar-refractivity contribution in [1.82, 2.24) is 5.32 Å². The third-order valence-electron chi connectivity index (χ3n) is 10.3. The lowest BCUT2D eigenvalue weighted by Gasteiger charge is -2.23. The van der Waals surface area contributed by atoms with E-state index < -0.39 is 18.2 Å². The number of ether oxygens (including phenoxy) is 1.